The van der Waals surface area contributed by atoms with Gasteiger partial charge in [-0.3, -0.25) is 4.90 Å². The maximum absolute atomic E-state index is 5.47. The van der Waals surface area contributed by atoms with Crippen LogP contribution in [-0.2, 0) is 4.74 Å². The maximum atomic E-state index is 5.47. The normalized spacial score (nSPS) is 18.9. The molecule has 7 nitrogen and oxygen atoms in total. The molecule has 2 aliphatic rings. The summed E-state index contributed by atoms with van der Waals surface area (Å²) >= 11 is 0. The molecule has 2 saturated heterocycles. The zero-order valence-electron chi connectivity index (χ0n) is 17.8. The summed E-state index contributed by atoms with van der Waals surface area (Å²) in [5, 5.41) is 8.56. The van der Waals surface area contributed by atoms with Crippen molar-refractivity contribution in [2.75, 3.05) is 94.7 Å². The van der Waals surface area contributed by atoms with Gasteiger partial charge in [-0.15, -0.1) is 0 Å². The summed E-state index contributed by atoms with van der Waals surface area (Å²) < 4.78 is 5.47. The molecule has 0 aliphatic carbocycles. The summed E-state index contributed by atoms with van der Waals surface area (Å²) in [6.07, 6.45) is 0. The number of para-hydroxylation sites is 1. The Labute approximate surface area is 174 Å². The molecular weight excluding hydrogens is 364 g/mol. The molecule has 4 rings (SSSR count). The van der Waals surface area contributed by atoms with Crippen molar-refractivity contribution in [1.29, 1.82) is 0 Å². The molecule has 2 N–H and O–H groups in total. The molecule has 2 aromatic rings. The van der Waals surface area contributed by atoms with Crippen molar-refractivity contribution >= 4 is 28.1 Å². The number of likely N-dealkylation sites (N-methyl/N-ethyl adjacent to an activating group) is 1. The van der Waals surface area contributed by atoms with Gasteiger partial charge in [0.05, 0.1) is 24.4 Å². The SMILES string of the molecule is CCNc1c(N2CCN(C)CC2)nc2ccccc2c1NCCN1CCOCC1. The largest absolute Gasteiger partial charge is 0.381 e. The van der Waals surface area contributed by atoms with E-state index in [1.54, 1.807) is 0 Å². The number of piperazine rings is 1. The molecule has 0 unspecified atom stereocenters. The van der Waals surface area contributed by atoms with E-state index in [1.165, 1.54) is 11.1 Å². The van der Waals surface area contributed by atoms with E-state index in [0.29, 0.717) is 0 Å². The van der Waals surface area contributed by atoms with Crippen molar-refractivity contribution in [3.8, 4) is 0 Å². The Balaban J connectivity index is 1.63. The van der Waals surface area contributed by atoms with Gasteiger partial charge in [0, 0.05) is 64.3 Å². The number of pyridine rings is 1. The van der Waals surface area contributed by atoms with Gasteiger partial charge in [0.2, 0.25) is 0 Å². The molecule has 29 heavy (non-hydrogen) atoms. The van der Waals surface area contributed by atoms with Gasteiger partial charge in [-0.2, -0.15) is 0 Å². The third-order valence-corrected chi connectivity index (χ3v) is 5.86. The lowest BCUT2D eigenvalue weighted by molar-refractivity contribution is 0.0398. The Hall–Kier alpha value is -2.09. The second-order valence-corrected chi connectivity index (χ2v) is 7.90. The summed E-state index contributed by atoms with van der Waals surface area (Å²) in [4.78, 5) is 12.4. The smallest absolute Gasteiger partial charge is 0.154 e. The summed E-state index contributed by atoms with van der Waals surface area (Å²) in [7, 11) is 2.19. The minimum absolute atomic E-state index is 0.842. The average molecular weight is 399 g/mol. The van der Waals surface area contributed by atoms with Crippen LogP contribution >= 0.6 is 0 Å². The van der Waals surface area contributed by atoms with Gasteiger partial charge in [-0.25, -0.2) is 4.98 Å². The number of rotatable bonds is 7. The van der Waals surface area contributed by atoms with Crippen LogP contribution in [0.1, 0.15) is 6.92 Å². The summed E-state index contributed by atoms with van der Waals surface area (Å²) in [5.74, 6) is 1.08. The summed E-state index contributed by atoms with van der Waals surface area (Å²) in [5.41, 5.74) is 3.37. The standard InChI is InChI=1S/C22H34N6O/c1-3-23-21-20(24-8-9-27-14-16-29-17-15-27)18-6-4-5-7-19(18)25-22(21)28-12-10-26(2)11-13-28/h4-7,23H,3,8-17H2,1-2H3,(H,24,25). The average Bonchev–Trinajstić information content (AvgIpc) is 2.76. The fraction of sp³-hybridized carbons (Fsp3) is 0.591. The lowest BCUT2D eigenvalue weighted by Crippen LogP contribution is -2.45. The third-order valence-electron chi connectivity index (χ3n) is 5.86. The van der Waals surface area contributed by atoms with Gasteiger partial charge in [-0.05, 0) is 20.0 Å². The number of ether oxygens (including phenoxy) is 1. The molecule has 2 fully saturated rings. The highest BCUT2D eigenvalue weighted by Gasteiger charge is 2.22. The highest BCUT2D eigenvalue weighted by Crippen LogP contribution is 2.38. The number of hydrogen-bond donors (Lipinski definition) is 2. The number of morpholine rings is 1. The van der Waals surface area contributed by atoms with Crippen LogP contribution in [0.2, 0.25) is 0 Å². The first kappa shape index (κ1) is 20.2. The van der Waals surface area contributed by atoms with Gasteiger partial charge in [0.25, 0.3) is 0 Å². The fourth-order valence-electron chi connectivity index (χ4n) is 4.14. The van der Waals surface area contributed by atoms with E-state index in [1.807, 2.05) is 0 Å². The van der Waals surface area contributed by atoms with E-state index in [9.17, 15) is 0 Å². The molecule has 2 aliphatic heterocycles. The lowest BCUT2D eigenvalue weighted by atomic mass is 10.1. The zero-order chi connectivity index (χ0) is 20.1. The van der Waals surface area contributed by atoms with E-state index < -0.39 is 0 Å². The second kappa shape index (κ2) is 9.61. The van der Waals surface area contributed by atoms with Crippen molar-refractivity contribution in [1.82, 2.24) is 14.8 Å². The number of aromatic nitrogens is 1. The Bertz CT molecular complexity index is 799. The Morgan fingerprint density at radius 2 is 1.72 bits per heavy atom. The van der Waals surface area contributed by atoms with E-state index in [0.717, 1.165) is 89.1 Å². The number of anilines is 3. The zero-order valence-corrected chi connectivity index (χ0v) is 17.8. The highest BCUT2D eigenvalue weighted by molar-refractivity contribution is 6.02. The minimum atomic E-state index is 0.842. The molecule has 1 aromatic heterocycles. The van der Waals surface area contributed by atoms with Crippen molar-refractivity contribution in [3.05, 3.63) is 24.3 Å². The second-order valence-electron chi connectivity index (χ2n) is 7.90. The van der Waals surface area contributed by atoms with Gasteiger partial charge >= 0.3 is 0 Å². The molecule has 0 atom stereocenters. The maximum Gasteiger partial charge on any atom is 0.154 e. The Morgan fingerprint density at radius 1 is 0.966 bits per heavy atom. The molecule has 7 heteroatoms. The third kappa shape index (κ3) is 4.74. The van der Waals surface area contributed by atoms with Crippen LogP contribution in [0.25, 0.3) is 10.9 Å². The number of hydrogen-bond acceptors (Lipinski definition) is 7. The van der Waals surface area contributed by atoms with E-state index in [-0.39, 0.29) is 0 Å². The predicted octanol–water partition coefficient (Wildman–Crippen LogP) is 2.16. The van der Waals surface area contributed by atoms with Crippen molar-refractivity contribution in [3.63, 3.8) is 0 Å². The lowest BCUT2D eigenvalue weighted by Gasteiger charge is -2.35. The van der Waals surface area contributed by atoms with Gasteiger partial charge in [0.15, 0.2) is 5.82 Å². The monoisotopic (exact) mass is 398 g/mol. The van der Waals surface area contributed by atoms with E-state index >= 15 is 0 Å². The number of fused-ring (bicyclic) bond motifs is 1. The first-order valence-electron chi connectivity index (χ1n) is 10.9. The van der Waals surface area contributed by atoms with Gasteiger partial charge in [-0.1, -0.05) is 18.2 Å². The van der Waals surface area contributed by atoms with Gasteiger partial charge < -0.3 is 25.2 Å². The van der Waals surface area contributed by atoms with Crippen LogP contribution in [0.15, 0.2) is 24.3 Å². The van der Waals surface area contributed by atoms with Gasteiger partial charge in [0.1, 0.15) is 5.69 Å². The van der Waals surface area contributed by atoms with Crippen molar-refractivity contribution < 1.29 is 4.74 Å². The van der Waals surface area contributed by atoms with Crippen molar-refractivity contribution in [2.24, 2.45) is 0 Å². The summed E-state index contributed by atoms with van der Waals surface area (Å²) in [6, 6.07) is 8.47. The Kier molecular flexibility index (Phi) is 6.69. The topological polar surface area (TPSA) is 55.9 Å². The molecule has 0 spiro atoms. The number of nitrogens with one attached hydrogen (secondary N) is 2. The van der Waals surface area contributed by atoms with Crippen molar-refractivity contribution in [2.45, 2.75) is 6.92 Å². The molecule has 1 aromatic carbocycles. The highest BCUT2D eigenvalue weighted by atomic mass is 16.5. The minimum Gasteiger partial charge on any atom is -0.381 e. The molecule has 0 radical (unpaired) electrons. The number of benzene rings is 1. The quantitative estimate of drug-likeness (QED) is 0.741. The fourth-order valence-corrected chi connectivity index (χ4v) is 4.14. The first-order valence-corrected chi connectivity index (χ1v) is 10.9. The van der Waals surface area contributed by atoms with Crippen LogP contribution in [-0.4, -0.2) is 93.9 Å². The molecule has 0 bridgehead atoms. The van der Waals surface area contributed by atoms with Crippen LogP contribution in [0, 0.1) is 0 Å². The predicted molar refractivity (Wildman–Crippen MR) is 121 cm³/mol. The van der Waals surface area contributed by atoms with Crippen LogP contribution in [0.4, 0.5) is 17.2 Å². The molecule has 3 heterocycles. The molecule has 0 saturated carbocycles. The van der Waals surface area contributed by atoms with E-state index in [2.05, 4.69) is 63.6 Å². The number of nitrogens with zero attached hydrogens (tertiary/aromatic N) is 4. The summed E-state index contributed by atoms with van der Waals surface area (Å²) in [6.45, 7) is 12.8. The van der Waals surface area contributed by atoms with E-state index in [4.69, 9.17) is 9.72 Å². The van der Waals surface area contributed by atoms with Crippen LogP contribution in [0.5, 0.6) is 0 Å². The van der Waals surface area contributed by atoms with Crippen LogP contribution in [0.3, 0.4) is 0 Å². The molecule has 158 valence electrons. The first-order chi connectivity index (χ1) is 14.3. The molecular formula is C22H34N6O. The molecule has 0 amide bonds. The Morgan fingerprint density at radius 3 is 2.48 bits per heavy atom. The van der Waals surface area contributed by atoms with Crippen LogP contribution < -0.4 is 15.5 Å².